The van der Waals surface area contributed by atoms with Crippen LogP contribution >= 0.6 is 0 Å². The van der Waals surface area contributed by atoms with Crippen LogP contribution in [0.4, 0.5) is 0 Å². The van der Waals surface area contributed by atoms with E-state index in [2.05, 4.69) is 24.9 Å². The molecule has 2 rings (SSSR count). The molecule has 37 heavy (non-hydrogen) atoms. The van der Waals surface area contributed by atoms with Crippen LogP contribution in [0.25, 0.3) is 0 Å². The fraction of sp³-hybridized carbons (Fsp3) is 0.419. The molecule has 1 N–H and O–H groups in total. The number of unbranched alkanes of at least 4 members (excludes halogenated alkanes) is 2. The van der Waals surface area contributed by atoms with Gasteiger partial charge < -0.3 is 10.1 Å². The predicted octanol–water partition coefficient (Wildman–Crippen LogP) is 6.49. The Balaban J connectivity index is 0.000000738. The average Bonchev–Trinajstić information content (AvgIpc) is 2.85. The van der Waals surface area contributed by atoms with E-state index in [1.54, 1.807) is 58.0 Å². The maximum atomic E-state index is 12.7. The third-order valence-electron chi connectivity index (χ3n) is 5.61. The van der Waals surface area contributed by atoms with Gasteiger partial charge in [-0.2, -0.15) is 0 Å². The van der Waals surface area contributed by atoms with Gasteiger partial charge in [0, 0.05) is 28.7 Å². The zero-order valence-corrected chi connectivity index (χ0v) is 23.1. The van der Waals surface area contributed by atoms with E-state index in [9.17, 15) is 19.2 Å². The van der Waals surface area contributed by atoms with Crippen molar-refractivity contribution in [1.82, 2.24) is 5.32 Å². The van der Waals surface area contributed by atoms with Crippen molar-refractivity contribution in [1.29, 1.82) is 0 Å². The van der Waals surface area contributed by atoms with Gasteiger partial charge >= 0.3 is 5.97 Å². The minimum atomic E-state index is -0.576. The highest BCUT2D eigenvalue weighted by atomic mass is 16.6. The molecule has 0 bridgehead atoms. The number of fused-ring (bicyclic) bond motifs is 1. The standard InChI is InChI=1S/C23H29NO5.C8H12/c1-15-16(22(28)18-12-9-8-11-17(18)21(15)27)10-6-5-7-13-19(25)24-14-20(26)29-23(2,3)4;1-4-6-7-8(3)5-2/h8-9,11-12H,5-7,10,13-14H2,1-4H3,(H,24,25);4-7H,1H2,2-3H3/b;7-6-,8-5-. The van der Waals surface area contributed by atoms with E-state index in [0.29, 0.717) is 48.0 Å². The Labute approximate surface area is 221 Å². The maximum absolute atomic E-state index is 12.7. The van der Waals surface area contributed by atoms with Crippen molar-refractivity contribution in [3.63, 3.8) is 0 Å². The number of ketones is 2. The van der Waals surface area contributed by atoms with Crippen molar-refractivity contribution in [2.75, 3.05) is 6.54 Å². The molecule has 0 heterocycles. The zero-order valence-electron chi connectivity index (χ0n) is 23.1. The lowest BCUT2D eigenvalue weighted by atomic mass is 9.83. The monoisotopic (exact) mass is 507 g/mol. The molecule has 0 radical (unpaired) electrons. The summed E-state index contributed by atoms with van der Waals surface area (Å²) >= 11 is 0. The van der Waals surface area contributed by atoms with Gasteiger partial charge in [0.1, 0.15) is 12.1 Å². The summed E-state index contributed by atoms with van der Waals surface area (Å²) < 4.78 is 5.13. The minimum Gasteiger partial charge on any atom is -0.459 e. The Kier molecular flexibility index (Phi) is 13.2. The lowest BCUT2D eigenvalue weighted by Crippen LogP contribution is -2.34. The Morgan fingerprint density at radius 1 is 1.03 bits per heavy atom. The van der Waals surface area contributed by atoms with Crippen LogP contribution in [-0.4, -0.2) is 35.6 Å². The second kappa shape index (κ2) is 15.5. The lowest BCUT2D eigenvalue weighted by molar-refractivity contribution is -0.154. The van der Waals surface area contributed by atoms with Crippen LogP contribution in [0.15, 0.2) is 71.9 Å². The zero-order chi connectivity index (χ0) is 28.0. The highest BCUT2D eigenvalue weighted by Crippen LogP contribution is 2.29. The van der Waals surface area contributed by atoms with Crippen LogP contribution in [0.3, 0.4) is 0 Å². The molecule has 6 heteroatoms. The van der Waals surface area contributed by atoms with Crippen molar-refractivity contribution in [3.05, 3.63) is 83.0 Å². The first-order valence-corrected chi connectivity index (χ1v) is 12.7. The van der Waals surface area contributed by atoms with Crippen LogP contribution < -0.4 is 5.32 Å². The summed E-state index contributed by atoms with van der Waals surface area (Å²) in [6.07, 6.45) is 10.7. The highest BCUT2D eigenvalue weighted by molar-refractivity contribution is 6.26. The number of amides is 1. The molecular formula is C31H41NO5. The number of carbonyl (C=O) groups excluding carboxylic acids is 4. The fourth-order valence-corrected chi connectivity index (χ4v) is 3.57. The minimum absolute atomic E-state index is 0.0761. The normalized spacial score (nSPS) is 13.6. The molecule has 0 fully saturated rings. The Morgan fingerprint density at radius 3 is 2.22 bits per heavy atom. The first-order valence-electron chi connectivity index (χ1n) is 12.7. The Morgan fingerprint density at radius 2 is 1.65 bits per heavy atom. The molecule has 200 valence electrons. The third-order valence-corrected chi connectivity index (χ3v) is 5.61. The van der Waals surface area contributed by atoms with Crippen molar-refractivity contribution < 1.29 is 23.9 Å². The molecule has 0 unspecified atom stereocenters. The van der Waals surface area contributed by atoms with E-state index >= 15 is 0 Å². The number of carbonyl (C=O) groups is 4. The summed E-state index contributed by atoms with van der Waals surface area (Å²) in [7, 11) is 0. The molecule has 1 amide bonds. The summed E-state index contributed by atoms with van der Waals surface area (Å²) in [5, 5.41) is 2.55. The van der Waals surface area contributed by atoms with Crippen LogP contribution in [0.5, 0.6) is 0 Å². The topological polar surface area (TPSA) is 89.5 Å². The maximum Gasteiger partial charge on any atom is 0.325 e. The number of hydrogen-bond donors (Lipinski definition) is 1. The van der Waals surface area contributed by atoms with Gasteiger partial charge in [-0.3, -0.25) is 19.2 Å². The van der Waals surface area contributed by atoms with E-state index < -0.39 is 11.6 Å². The number of ether oxygens (including phenoxy) is 1. The van der Waals surface area contributed by atoms with Crippen molar-refractivity contribution in [3.8, 4) is 0 Å². The average molecular weight is 508 g/mol. The molecule has 0 aromatic heterocycles. The molecule has 0 atom stereocenters. The fourth-order valence-electron chi connectivity index (χ4n) is 3.57. The molecule has 0 saturated carbocycles. The molecule has 0 spiro atoms. The molecule has 1 aliphatic carbocycles. The summed E-state index contributed by atoms with van der Waals surface area (Å²) in [6, 6.07) is 6.90. The van der Waals surface area contributed by atoms with Gasteiger partial charge in [0.25, 0.3) is 0 Å². The van der Waals surface area contributed by atoms with Gasteiger partial charge in [-0.1, -0.05) is 67.1 Å². The first kappa shape index (κ1) is 31.5. The van der Waals surface area contributed by atoms with Crippen LogP contribution in [0, 0.1) is 0 Å². The number of benzene rings is 1. The van der Waals surface area contributed by atoms with Crippen molar-refractivity contribution >= 4 is 23.4 Å². The molecule has 1 aliphatic rings. The van der Waals surface area contributed by atoms with Gasteiger partial charge in [-0.25, -0.2) is 0 Å². The number of Topliss-reactive ketones (excluding diaryl/α,β-unsaturated/α-hetero) is 2. The molecule has 1 aromatic carbocycles. The van der Waals surface area contributed by atoms with Crippen LogP contribution in [-0.2, 0) is 14.3 Å². The number of hydrogen-bond acceptors (Lipinski definition) is 5. The largest absolute Gasteiger partial charge is 0.459 e. The summed E-state index contributed by atoms with van der Waals surface area (Å²) in [5.41, 5.74) is 2.73. The predicted molar refractivity (Wildman–Crippen MR) is 149 cm³/mol. The van der Waals surface area contributed by atoms with Gasteiger partial charge in [-0.05, 0) is 60.8 Å². The quantitative estimate of drug-likeness (QED) is 0.222. The van der Waals surface area contributed by atoms with Crippen LogP contribution in [0.2, 0.25) is 0 Å². The summed E-state index contributed by atoms with van der Waals surface area (Å²) in [4.78, 5) is 48.6. The number of nitrogens with one attached hydrogen (secondary N) is 1. The smallest absolute Gasteiger partial charge is 0.325 e. The van der Waals surface area contributed by atoms with E-state index in [4.69, 9.17) is 4.74 Å². The molecule has 0 aliphatic heterocycles. The van der Waals surface area contributed by atoms with Crippen molar-refractivity contribution in [2.45, 2.75) is 79.2 Å². The number of rotatable bonds is 10. The van der Waals surface area contributed by atoms with Gasteiger partial charge in [0.2, 0.25) is 5.91 Å². The molecule has 6 nitrogen and oxygen atoms in total. The van der Waals surface area contributed by atoms with E-state index in [-0.39, 0.29) is 24.0 Å². The van der Waals surface area contributed by atoms with Gasteiger partial charge in [0.15, 0.2) is 11.6 Å². The molecule has 1 aromatic rings. The Hall–Kier alpha value is -3.54. The Bertz CT molecular complexity index is 1080. The van der Waals surface area contributed by atoms with Crippen LogP contribution in [0.1, 0.15) is 94.4 Å². The second-order valence-electron chi connectivity index (χ2n) is 9.86. The summed E-state index contributed by atoms with van der Waals surface area (Å²) in [6.45, 7) is 14.5. The number of allylic oxidation sites excluding steroid dienone is 7. The molecule has 0 saturated heterocycles. The molecular weight excluding hydrogens is 466 g/mol. The lowest BCUT2D eigenvalue weighted by Gasteiger charge is -2.19. The first-order chi connectivity index (χ1) is 17.4. The van der Waals surface area contributed by atoms with Gasteiger partial charge in [-0.15, -0.1) is 0 Å². The van der Waals surface area contributed by atoms with E-state index in [1.165, 1.54) is 5.57 Å². The highest BCUT2D eigenvalue weighted by Gasteiger charge is 2.28. The summed E-state index contributed by atoms with van der Waals surface area (Å²) in [5.74, 6) is -0.831. The number of esters is 1. The van der Waals surface area contributed by atoms with Gasteiger partial charge in [0.05, 0.1) is 0 Å². The second-order valence-corrected chi connectivity index (χ2v) is 9.86. The van der Waals surface area contributed by atoms with Crippen molar-refractivity contribution in [2.24, 2.45) is 0 Å². The third kappa shape index (κ3) is 11.4. The SMILES string of the molecule is C=C/C=C\C(C)=C/C.CC1=C(CCCCCC(=O)NCC(=O)OC(C)(C)C)C(=O)c2ccccc2C1=O. The van der Waals surface area contributed by atoms with E-state index in [1.807, 2.05) is 19.1 Å². The van der Waals surface area contributed by atoms with E-state index in [0.717, 1.165) is 6.42 Å².